The number of ether oxygens (including phenoxy) is 2. The van der Waals surface area contributed by atoms with E-state index in [0.717, 1.165) is 5.56 Å². The lowest BCUT2D eigenvalue weighted by molar-refractivity contribution is 0.283. The molecule has 0 aliphatic rings. The second-order valence-electron chi connectivity index (χ2n) is 5.28. The van der Waals surface area contributed by atoms with Gasteiger partial charge >= 0.3 is 7.32 Å². The highest BCUT2D eigenvalue weighted by Gasteiger charge is 2.12. The molecule has 0 aliphatic heterocycles. The van der Waals surface area contributed by atoms with Crippen molar-refractivity contribution in [1.29, 1.82) is 0 Å². The SMILES string of the molecule is COc1ccccc1-c1nccc(COc2cccc(OB(O)O)c2)n1. The second-order valence-corrected chi connectivity index (χ2v) is 5.28. The van der Waals surface area contributed by atoms with E-state index in [-0.39, 0.29) is 12.4 Å². The van der Waals surface area contributed by atoms with Crippen LogP contribution < -0.4 is 14.1 Å². The van der Waals surface area contributed by atoms with E-state index in [4.69, 9.17) is 24.2 Å². The summed E-state index contributed by atoms with van der Waals surface area (Å²) in [7, 11) is -0.278. The third kappa shape index (κ3) is 4.50. The molecule has 0 amide bonds. The minimum absolute atomic E-state index is 0.218. The lowest BCUT2D eigenvalue weighted by Crippen LogP contribution is -2.20. The number of nitrogens with zero attached hydrogens (tertiary/aromatic N) is 2. The minimum atomic E-state index is -1.88. The molecule has 0 fully saturated rings. The molecule has 0 saturated carbocycles. The molecular formula is C18H17BN2O5. The summed E-state index contributed by atoms with van der Waals surface area (Å²) in [5, 5.41) is 17.7. The first kappa shape index (κ1) is 17.7. The molecule has 0 bridgehead atoms. The smallest absolute Gasteiger partial charge is 0.512 e. The molecule has 2 N–H and O–H groups in total. The molecule has 2 aromatic carbocycles. The van der Waals surface area contributed by atoms with Crippen molar-refractivity contribution >= 4 is 7.32 Å². The van der Waals surface area contributed by atoms with Gasteiger partial charge in [-0.15, -0.1) is 0 Å². The summed E-state index contributed by atoms with van der Waals surface area (Å²) in [6.07, 6.45) is 1.66. The molecule has 132 valence electrons. The van der Waals surface area contributed by atoms with Gasteiger partial charge in [-0.25, -0.2) is 9.97 Å². The summed E-state index contributed by atoms with van der Waals surface area (Å²) in [6, 6.07) is 15.9. The maximum Gasteiger partial charge on any atom is 0.707 e. The van der Waals surface area contributed by atoms with Crippen LogP contribution in [0.3, 0.4) is 0 Å². The zero-order chi connectivity index (χ0) is 18.4. The van der Waals surface area contributed by atoms with Crippen LogP contribution in [0.1, 0.15) is 5.69 Å². The molecule has 0 spiro atoms. The van der Waals surface area contributed by atoms with E-state index in [2.05, 4.69) is 9.97 Å². The Labute approximate surface area is 151 Å². The summed E-state index contributed by atoms with van der Waals surface area (Å²) in [5.74, 6) is 2.04. The molecule has 7 nitrogen and oxygen atoms in total. The maximum absolute atomic E-state index is 8.85. The number of hydrogen-bond acceptors (Lipinski definition) is 7. The van der Waals surface area contributed by atoms with Crippen molar-refractivity contribution in [3.05, 3.63) is 66.5 Å². The molecule has 8 heteroatoms. The summed E-state index contributed by atoms with van der Waals surface area (Å²) in [4.78, 5) is 8.81. The zero-order valence-corrected chi connectivity index (χ0v) is 14.1. The van der Waals surface area contributed by atoms with E-state index < -0.39 is 7.32 Å². The van der Waals surface area contributed by atoms with Crippen molar-refractivity contribution in [1.82, 2.24) is 9.97 Å². The summed E-state index contributed by atoms with van der Waals surface area (Å²) in [5.41, 5.74) is 1.48. The average molecular weight is 352 g/mol. The molecule has 0 radical (unpaired) electrons. The van der Waals surface area contributed by atoms with Crippen LogP contribution in [0.2, 0.25) is 0 Å². The van der Waals surface area contributed by atoms with Crippen molar-refractivity contribution in [3.8, 4) is 28.6 Å². The molecule has 0 unspecified atom stereocenters. The number of hydrogen-bond donors (Lipinski definition) is 2. The van der Waals surface area contributed by atoms with Crippen LogP contribution in [0.4, 0.5) is 0 Å². The average Bonchev–Trinajstić information content (AvgIpc) is 2.66. The van der Waals surface area contributed by atoms with Crippen LogP contribution in [0.25, 0.3) is 11.4 Å². The van der Waals surface area contributed by atoms with E-state index in [9.17, 15) is 0 Å². The number of rotatable bonds is 7. The monoisotopic (exact) mass is 352 g/mol. The van der Waals surface area contributed by atoms with Crippen LogP contribution >= 0.6 is 0 Å². The lowest BCUT2D eigenvalue weighted by Gasteiger charge is -2.10. The highest BCUT2D eigenvalue weighted by atomic mass is 16.6. The molecule has 1 aromatic heterocycles. The normalized spacial score (nSPS) is 10.3. The Morgan fingerprint density at radius 1 is 1.00 bits per heavy atom. The van der Waals surface area contributed by atoms with Gasteiger partial charge in [-0.3, -0.25) is 0 Å². The van der Waals surface area contributed by atoms with Gasteiger partial charge < -0.3 is 24.2 Å². The van der Waals surface area contributed by atoms with Crippen molar-refractivity contribution in [2.24, 2.45) is 0 Å². The number of methoxy groups -OCH3 is 1. The van der Waals surface area contributed by atoms with Gasteiger partial charge in [0.15, 0.2) is 5.82 Å². The standard InChI is InChI=1S/C18H17BN2O5/c1-24-17-8-3-2-7-16(17)18-20-10-9-13(21-18)12-25-14-5-4-6-15(11-14)26-19(22)23/h2-11,22-23H,12H2,1H3. The molecule has 0 aliphatic carbocycles. The van der Waals surface area contributed by atoms with Gasteiger partial charge in [0.05, 0.1) is 18.4 Å². The van der Waals surface area contributed by atoms with E-state index in [1.807, 2.05) is 24.3 Å². The Balaban J connectivity index is 1.74. The topological polar surface area (TPSA) is 93.9 Å². The Hall–Kier alpha value is -3.10. The first-order chi connectivity index (χ1) is 12.7. The van der Waals surface area contributed by atoms with Crippen LogP contribution in [-0.4, -0.2) is 34.4 Å². The molecule has 26 heavy (non-hydrogen) atoms. The summed E-state index contributed by atoms with van der Waals surface area (Å²) in [6.45, 7) is 0.218. The highest BCUT2D eigenvalue weighted by molar-refractivity contribution is 6.33. The van der Waals surface area contributed by atoms with Gasteiger partial charge in [0.25, 0.3) is 0 Å². The van der Waals surface area contributed by atoms with Gasteiger partial charge in [-0.2, -0.15) is 0 Å². The van der Waals surface area contributed by atoms with Gasteiger partial charge in [0.2, 0.25) is 0 Å². The molecule has 3 rings (SSSR count). The first-order valence-electron chi connectivity index (χ1n) is 7.86. The number of para-hydroxylation sites is 1. The van der Waals surface area contributed by atoms with Crippen LogP contribution in [0, 0.1) is 0 Å². The largest absolute Gasteiger partial charge is 0.707 e. The molecule has 0 atom stereocenters. The summed E-state index contributed by atoms with van der Waals surface area (Å²) >= 11 is 0. The predicted molar refractivity (Wildman–Crippen MR) is 95.6 cm³/mol. The zero-order valence-electron chi connectivity index (χ0n) is 14.1. The van der Waals surface area contributed by atoms with Crippen molar-refractivity contribution in [3.63, 3.8) is 0 Å². The minimum Gasteiger partial charge on any atom is -0.512 e. The predicted octanol–water partition coefficient (Wildman–Crippen LogP) is 2.08. The fourth-order valence-electron chi connectivity index (χ4n) is 2.35. The second kappa shape index (κ2) is 8.33. The quantitative estimate of drug-likeness (QED) is 0.629. The van der Waals surface area contributed by atoms with E-state index in [0.29, 0.717) is 23.0 Å². The maximum atomic E-state index is 8.85. The summed E-state index contributed by atoms with van der Waals surface area (Å²) < 4.78 is 15.8. The van der Waals surface area contributed by atoms with E-state index >= 15 is 0 Å². The number of benzene rings is 2. The van der Waals surface area contributed by atoms with E-state index in [1.54, 1.807) is 43.6 Å². The fraction of sp³-hybridized carbons (Fsp3) is 0.111. The molecular weight excluding hydrogens is 335 g/mol. The van der Waals surface area contributed by atoms with Crippen molar-refractivity contribution < 1.29 is 24.2 Å². The Kier molecular flexibility index (Phi) is 5.68. The Morgan fingerprint density at radius 2 is 1.81 bits per heavy atom. The van der Waals surface area contributed by atoms with Crippen molar-refractivity contribution in [2.45, 2.75) is 6.61 Å². The third-order valence-electron chi connectivity index (χ3n) is 3.49. The fourth-order valence-corrected chi connectivity index (χ4v) is 2.35. The van der Waals surface area contributed by atoms with Gasteiger partial charge in [-0.1, -0.05) is 18.2 Å². The Morgan fingerprint density at radius 3 is 2.62 bits per heavy atom. The van der Waals surface area contributed by atoms with Crippen LogP contribution in [0.15, 0.2) is 60.8 Å². The van der Waals surface area contributed by atoms with Gasteiger partial charge in [0, 0.05) is 12.3 Å². The van der Waals surface area contributed by atoms with Crippen LogP contribution in [0.5, 0.6) is 17.2 Å². The lowest BCUT2D eigenvalue weighted by atomic mass is 10.2. The van der Waals surface area contributed by atoms with Gasteiger partial charge in [-0.05, 0) is 30.3 Å². The first-order valence-corrected chi connectivity index (χ1v) is 7.86. The highest BCUT2D eigenvalue weighted by Crippen LogP contribution is 2.27. The molecule has 3 aromatic rings. The van der Waals surface area contributed by atoms with Crippen molar-refractivity contribution in [2.75, 3.05) is 7.11 Å². The van der Waals surface area contributed by atoms with Gasteiger partial charge in [0.1, 0.15) is 23.9 Å². The van der Waals surface area contributed by atoms with E-state index in [1.165, 1.54) is 0 Å². The third-order valence-corrected chi connectivity index (χ3v) is 3.49. The van der Waals surface area contributed by atoms with Crippen LogP contribution in [-0.2, 0) is 6.61 Å². The molecule has 1 heterocycles. The number of aromatic nitrogens is 2. The molecule has 0 saturated heterocycles. The Bertz CT molecular complexity index is 875.